The highest BCUT2D eigenvalue weighted by Gasteiger charge is 2.31. The maximum absolute atomic E-state index is 12.7. The normalized spacial score (nSPS) is 19.1. The third-order valence-corrected chi connectivity index (χ3v) is 4.39. The van der Waals surface area contributed by atoms with Gasteiger partial charge in [-0.1, -0.05) is 30.5 Å². The molecule has 0 bridgehead atoms. The standard InChI is InChI=1S/C14H16Cl2N2O3/c15-9-10-5-2-1-3-8-17(10)14(19)13-11(16)6-4-7-12(13)18(20)21/h4,6-7,10H,1-3,5,8-9H2. The number of carbonyl (C=O) groups is 1. The van der Waals surface area contributed by atoms with Crippen molar-refractivity contribution in [3.05, 3.63) is 38.9 Å². The molecule has 1 aliphatic rings. The zero-order valence-corrected chi connectivity index (χ0v) is 12.9. The van der Waals surface area contributed by atoms with Crippen LogP contribution in [0.25, 0.3) is 0 Å². The Morgan fingerprint density at radius 2 is 2.14 bits per heavy atom. The van der Waals surface area contributed by atoms with Gasteiger partial charge in [0.15, 0.2) is 0 Å². The summed E-state index contributed by atoms with van der Waals surface area (Å²) in [5.74, 6) is -0.0795. The van der Waals surface area contributed by atoms with Crippen LogP contribution in [0.15, 0.2) is 18.2 Å². The number of carbonyl (C=O) groups excluding carboxylic acids is 1. The zero-order valence-electron chi connectivity index (χ0n) is 11.4. The minimum Gasteiger partial charge on any atom is -0.334 e. The first-order chi connectivity index (χ1) is 10.1. The first-order valence-corrected chi connectivity index (χ1v) is 7.77. The third kappa shape index (κ3) is 3.47. The maximum Gasteiger partial charge on any atom is 0.283 e. The van der Waals surface area contributed by atoms with Gasteiger partial charge in [-0.3, -0.25) is 14.9 Å². The molecule has 0 radical (unpaired) electrons. The smallest absolute Gasteiger partial charge is 0.283 e. The molecule has 0 N–H and O–H groups in total. The molecule has 0 aliphatic carbocycles. The van der Waals surface area contributed by atoms with Gasteiger partial charge in [0.25, 0.3) is 11.6 Å². The van der Waals surface area contributed by atoms with Gasteiger partial charge < -0.3 is 4.90 Å². The van der Waals surface area contributed by atoms with Crippen LogP contribution in [0.4, 0.5) is 5.69 Å². The molecule has 1 amide bonds. The molecule has 1 aromatic carbocycles. The number of likely N-dealkylation sites (tertiary alicyclic amines) is 1. The largest absolute Gasteiger partial charge is 0.334 e. The van der Waals surface area contributed by atoms with Gasteiger partial charge in [-0.25, -0.2) is 0 Å². The van der Waals surface area contributed by atoms with Crippen molar-refractivity contribution in [3.63, 3.8) is 0 Å². The number of halogens is 2. The molecule has 5 nitrogen and oxygen atoms in total. The second-order valence-electron chi connectivity index (χ2n) is 5.05. The summed E-state index contributed by atoms with van der Waals surface area (Å²) in [7, 11) is 0. The number of benzene rings is 1. The molecule has 21 heavy (non-hydrogen) atoms. The van der Waals surface area contributed by atoms with Crippen LogP contribution in [-0.4, -0.2) is 34.2 Å². The lowest BCUT2D eigenvalue weighted by atomic mass is 10.1. The van der Waals surface area contributed by atoms with Crippen molar-refractivity contribution in [2.75, 3.05) is 12.4 Å². The number of rotatable bonds is 3. The van der Waals surface area contributed by atoms with Crippen molar-refractivity contribution in [2.24, 2.45) is 0 Å². The van der Waals surface area contributed by atoms with E-state index in [0.717, 1.165) is 25.7 Å². The molecule has 1 saturated heterocycles. The highest BCUT2D eigenvalue weighted by molar-refractivity contribution is 6.34. The lowest BCUT2D eigenvalue weighted by Crippen LogP contribution is -2.41. The highest BCUT2D eigenvalue weighted by Crippen LogP contribution is 2.30. The van der Waals surface area contributed by atoms with Gasteiger partial charge in [-0.15, -0.1) is 11.6 Å². The average molecular weight is 331 g/mol. The van der Waals surface area contributed by atoms with Crippen molar-refractivity contribution in [2.45, 2.75) is 31.7 Å². The molecule has 0 saturated carbocycles. The predicted molar refractivity (Wildman–Crippen MR) is 82.1 cm³/mol. The Kier molecular flexibility index (Phi) is 5.42. The number of hydrogen-bond acceptors (Lipinski definition) is 3. The molecule has 2 rings (SSSR count). The molecule has 1 heterocycles. The molecular formula is C14H16Cl2N2O3. The van der Waals surface area contributed by atoms with Gasteiger partial charge in [0.1, 0.15) is 5.56 Å². The minimum atomic E-state index is -0.577. The van der Waals surface area contributed by atoms with Gasteiger partial charge in [-0.05, 0) is 18.9 Å². The maximum atomic E-state index is 12.7. The second-order valence-corrected chi connectivity index (χ2v) is 5.76. The van der Waals surface area contributed by atoms with Crippen molar-refractivity contribution in [1.82, 2.24) is 4.90 Å². The Morgan fingerprint density at radius 3 is 2.81 bits per heavy atom. The summed E-state index contributed by atoms with van der Waals surface area (Å²) in [5, 5.41) is 11.2. The van der Waals surface area contributed by atoms with Gasteiger partial charge in [-0.2, -0.15) is 0 Å². The lowest BCUT2D eigenvalue weighted by molar-refractivity contribution is -0.385. The van der Waals surface area contributed by atoms with Crippen molar-refractivity contribution >= 4 is 34.8 Å². The first-order valence-electron chi connectivity index (χ1n) is 6.86. The number of alkyl halides is 1. The summed E-state index contributed by atoms with van der Waals surface area (Å²) in [4.78, 5) is 24.9. The molecule has 1 atom stereocenters. The van der Waals surface area contributed by atoms with Crippen molar-refractivity contribution in [3.8, 4) is 0 Å². The van der Waals surface area contributed by atoms with Crippen LogP contribution in [0.2, 0.25) is 5.02 Å². The fraction of sp³-hybridized carbons (Fsp3) is 0.500. The van der Waals surface area contributed by atoms with Crippen LogP contribution in [0.3, 0.4) is 0 Å². The van der Waals surface area contributed by atoms with Crippen molar-refractivity contribution < 1.29 is 9.72 Å². The highest BCUT2D eigenvalue weighted by atomic mass is 35.5. The molecular weight excluding hydrogens is 315 g/mol. The molecule has 1 unspecified atom stereocenters. The van der Waals surface area contributed by atoms with Gasteiger partial charge in [0.2, 0.25) is 0 Å². The number of hydrogen-bond donors (Lipinski definition) is 0. The molecule has 0 spiro atoms. The van der Waals surface area contributed by atoms with E-state index in [1.165, 1.54) is 18.2 Å². The van der Waals surface area contributed by atoms with Gasteiger partial charge >= 0.3 is 0 Å². The van der Waals surface area contributed by atoms with Crippen LogP contribution in [0, 0.1) is 10.1 Å². The fourth-order valence-corrected chi connectivity index (χ4v) is 3.20. The molecule has 1 aromatic rings. The Hall–Kier alpha value is -1.33. The predicted octanol–water partition coefficient (Wildman–Crippen LogP) is 3.87. The quantitative estimate of drug-likeness (QED) is 0.480. The van der Waals surface area contributed by atoms with Crippen molar-refractivity contribution in [1.29, 1.82) is 0 Å². The second kappa shape index (κ2) is 7.09. The fourth-order valence-electron chi connectivity index (χ4n) is 2.63. The van der Waals surface area contributed by atoms with Crippen LogP contribution < -0.4 is 0 Å². The van der Waals surface area contributed by atoms with E-state index in [-0.39, 0.29) is 22.3 Å². The lowest BCUT2D eigenvalue weighted by Gasteiger charge is -2.28. The molecule has 0 aromatic heterocycles. The Morgan fingerprint density at radius 1 is 1.38 bits per heavy atom. The van der Waals surface area contributed by atoms with E-state index in [1.54, 1.807) is 4.90 Å². The van der Waals surface area contributed by atoms with E-state index in [1.807, 2.05) is 0 Å². The Labute approximate surface area is 133 Å². The van der Waals surface area contributed by atoms with Gasteiger partial charge in [0.05, 0.1) is 9.95 Å². The van der Waals surface area contributed by atoms with E-state index >= 15 is 0 Å². The average Bonchev–Trinajstić information content (AvgIpc) is 2.71. The van der Waals surface area contributed by atoms with E-state index in [9.17, 15) is 14.9 Å². The summed E-state index contributed by atoms with van der Waals surface area (Å²) in [6, 6.07) is 4.17. The third-order valence-electron chi connectivity index (χ3n) is 3.72. The Balaban J connectivity index is 2.40. The first kappa shape index (κ1) is 16.0. The number of nitro groups is 1. The minimum absolute atomic E-state index is 0.0406. The molecule has 1 fully saturated rings. The van der Waals surface area contributed by atoms with E-state index < -0.39 is 10.8 Å². The van der Waals surface area contributed by atoms with Crippen LogP contribution in [0.5, 0.6) is 0 Å². The zero-order chi connectivity index (χ0) is 15.4. The summed E-state index contributed by atoms with van der Waals surface area (Å²) in [6.07, 6.45) is 3.72. The van der Waals surface area contributed by atoms with E-state index in [2.05, 4.69) is 0 Å². The number of nitrogens with zero attached hydrogens (tertiary/aromatic N) is 2. The van der Waals surface area contributed by atoms with Crippen LogP contribution in [-0.2, 0) is 0 Å². The number of nitro benzene ring substituents is 1. The summed E-state index contributed by atoms with van der Waals surface area (Å²) >= 11 is 12.0. The topological polar surface area (TPSA) is 63.4 Å². The van der Waals surface area contributed by atoms with E-state index in [4.69, 9.17) is 23.2 Å². The molecule has 7 heteroatoms. The SMILES string of the molecule is O=C(c1c(Cl)cccc1[N+](=O)[O-])N1CCCCCC1CCl. The van der Waals surface area contributed by atoms with E-state index in [0.29, 0.717) is 12.4 Å². The van der Waals surface area contributed by atoms with Gasteiger partial charge in [0, 0.05) is 24.5 Å². The van der Waals surface area contributed by atoms with Crippen LogP contribution >= 0.6 is 23.2 Å². The molecule has 1 aliphatic heterocycles. The summed E-state index contributed by atoms with van der Waals surface area (Å²) in [5.41, 5.74) is -0.300. The molecule has 114 valence electrons. The van der Waals surface area contributed by atoms with Crippen LogP contribution in [0.1, 0.15) is 36.0 Å². The monoisotopic (exact) mass is 330 g/mol. The number of amides is 1. The summed E-state index contributed by atoms with van der Waals surface area (Å²) < 4.78 is 0. The Bertz CT molecular complexity index is 551. The summed E-state index contributed by atoms with van der Waals surface area (Å²) in [6.45, 7) is 0.554.